The number of hydrogen-bond acceptors (Lipinski definition) is 0. The van der Waals surface area contributed by atoms with E-state index in [-0.39, 0.29) is 0 Å². The second kappa shape index (κ2) is 4.51. The highest BCUT2D eigenvalue weighted by atomic mass is 35.5. The third-order valence-electron chi connectivity index (χ3n) is 0.915. The monoisotopic (exact) mass is 118 g/mol. The second-order valence-electron chi connectivity index (χ2n) is 2.23. The molecule has 42 valence electrons. The molecule has 0 heterocycles. The average Bonchev–Trinajstić information content (AvgIpc) is 1.61. The van der Waals surface area contributed by atoms with Gasteiger partial charge in [0.15, 0.2) is 0 Å². The number of halogens is 1. The van der Waals surface area contributed by atoms with Gasteiger partial charge in [0.1, 0.15) is 6.71 Å². The van der Waals surface area contributed by atoms with Crippen molar-refractivity contribution >= 4 is 18.3 Å². The minimum atomic E-state index is 0.818. The molecule has 0 atom stereocenters. The van der Waals surface area contributed by atoms with E-state index in [2.05, 4.69) is 13.6 Å². The zero-order chi connectivity index (χ0) is 5.70. The Balaban J connectivity index is 2.68. The standard InChI is InChI=1S/C5H12BCl/c1-6(2)4-3-5-7/h3-5H2,1-2H3. The van der Waals surface area contributed by atoms with Crippen LogP contribution in [-0.2, 0) is 0 Å². The van der Waals surface area contributed by atoms with Gasteiger partial charge in [-0.05, 0) is 6.42 Å². The van der Waals surface area contributed by atoms with Gasteiger partial charge in [0, 0.05) is 5.88 Å². The van der Waals surface area contributed by atoms with Gasteiger partial charge in [-0.25, -0.2) is 0 Å². The largest absolute Gasteiger partial charge is 0.133 e. The molecule has 0 unspecified atom stereocenters. The highest BCUT2D eigenvalue weighted by Crippen LogP contribution is 1.97. The minimum absolute atomic E-state index is 0.818. The molecule has 0 nitrogen and oxygen atoms in total. The molecular weight excluding hydrogens is 106 g/mol. The number of rotatable bonds is 3. The van der Waals surface area contributed by atoms with Crippen LogP contribution in [0.25, 0.3) is 0 Å². The van der Waals surface area contributed by atoms with Gasteiger partial charge in [0.2, 0.25) is 0 Å². The summed E-state index contributed by atoms with van der Waals surface area (Å²) in [5, 5.41) is 0. The summed E-state index contributed by atoms with van der Waals surface area (Å²) in [6.45, 7) is 5.25. The van der Waals surface area contributed by atoms with E-state index < -0.39 is 0 Å². The third-order valence-corrected chi connectivity index (χ3v) is 1.18. The van der Waals surface area contributed by atoms with E-state index in [0.717, 1.165) is 12.6 Å². The van der Waals surface area contributed by atoms with Crippen LogP contribution in [0.2, 0.25) is 20.0 Å². The van der Waals surface area contributed by atoms with Crippen LogP contribution in [0.5, 0.6) is 0 Å². The molecule has 0 aliphatic carbocycles. The molecule has 0 saturated carbocycles. The van der Waals surface area contributed by atoms with Gasteiger partial charge in [-0.2, -0.15) is 0 Å². The Hall–Kier alpha value is 0.355. The van der Waals surface area contributed by atoms with Gasteiger partial charge >= 0.3 is 0 Å². The Kier molecular flexibility index (Phi) is 4.74. The quantitative estimate of drug-likeness (QED) is 0.394. The molecule has 0 bridgehead atoms. The van der Waals surface area contributed by atoms with Crippen LogP contribution >= 0.6 is 11.6 Å². The second-order valence-corrected chi connectivity index (χ2v) is 2.60. The topological polar surface area (TPSA) is 0 Å². The van der Waals surface area contributed by atoms with E-state index in [4.69, 9.17) is 11.6 Å². The summed E-state index contributed by atoms with van der Waals surface area (Å²) < 4.78 is 0. The maximum absolute atomic E-state index is 5.45. The molecule has 0 N–H and O–H groups in total. The fourth-order valence-electron chi connectivity index (χ4n) is 0.485. The molecule has 0 aromatic carbocycles. The Morgan fingerprint density at radius 1 is 1.43 bits per heavy atom. The smallest absolute Gasteiger partial charge is 0.127 e. The van der Waals surface area contributed by atoms with E-state index in [1.165, 1.54) is 12.7 Å². The summed E-state index contributed by atoms with van der Waals surface area (Å²) in [6, 6.07) is 0. The van der Waals surface area contributed by atoms with Gasteiger partial charge in [0.05, 0.1) is 0 Å². The Morgan fingerprint density at radius 3 is 2.14 bits per heavy atom. The van der Waals surface area contributed by atoms with E-state index in [1.54, 1.807) is 0 Å². The maximum atomic E-state index is 5.45. The summed E-state index contributed by atoms with van der Waals surface area (Å²) in [6.07, 6.45) is 2.43. The van der Waals surface area contributed by atoms with Gasteiger partial charge < -0.3 is 0 Å². The van der Waals surface area contributed by atoms with Crippen molar-refractivity contribution in [1.29, 1.82) is 0 Å². The zero-order valence-corrected chi connectivity index (χ0v) is 5.83. The van der Waals surface area contributed by atoms with Crippen molar-refractivity contribution in [3.63, 3.8) is 0 Å². The normalized spacial score (nSPS) is 9.00. The van der Waals surface area contributed by atoms with Gasteiger partial charge in [-0.15, -0.1) is 11.6 Å². The lowest BCUT2D eigenvalue weighted by Crippen LogP contribution is -1.97. The average molecular weight is 118 g/mol. The Labute approximate surface area is 51.3 Å². The SMILES string of the molecule is CB(C)CCCCl. The lowest BCUT2D eigenvalue weighted by Gasteiger charge is -1.93. The van der Waals surface area contributed by atoms with Crippen LogP contribution in [0, 0.1) is 0 Å². The highest BCUT2D eigenvalue weighted by Gasteiger charge is 1.94. The highest BCUT2D eigenvalue weighted by molar-refractivity contribution is 6.55. The molecule has 0 aromatic rings. The Bertz CT molecular complexity index is 37.1. The molecule has 0 spiro atoms. The van der Waals surface area contributed by atoms with Crippen molar-refractivity contribution in [2.75, 3.05) is 5.88 Å². The first-order valence-electron chi connectivity index (χ1n) is 2.83. The Morgan fingerprint density at radius 2 is 2.00 bits per heavy atom. The summed E-state index contributed by atoms with van der Waals surface area (Å²) in [7, 11) is 0. The van der Waals surface area contributed by atoms with Crippen LogP contribution < -0.4 is 0 Å². The van der Waals surface area contributed by atoms with Crippen molar-refractivity contribution in [2.24, 2.45) is 0 Å². The lowest BCUT2D eigenvalue weighted by molar-refractivity contribution is 1.07. The molecule has 0 rings (SSSR count). The van der Waals surface area contributed by atoms with Crippen molar-refractivity contribution in [2.45, 2.75) is 26.4 Å². The fraction of sp³-hybridized carbons (Fsp3) is 1.00. The number of alkyl halides is 1. The van der Waals surface area contributed by atoms with Crippen molar-refractivity contribution in [3.8, 4) is 0 Å². The first-order chi connectivity index (χ1) is 3.27. The molecule has 0 aromatic heterocycles. The molecule has 0 radical (unpaired) electrons. The predicted octanol–water partition coefficient (Wildman–Crippen LogP) is 2.37. The molecule has 0 saturated heterocycles. The summed E-state index contributed by atoms with van der Waals surface area (Å²) in [4.78, 5) is 0. The molecule has 7 heavy (non-hydrogen) atoms. The molecule has 0 fully saturated rings. The first-order valence-corrected chi connectivity index (χ1v) is 3.36. The molecule has 2 heteroatoms. The van der Waals surface area contributed by atoms with E-state index >= 15 is 0 Å². The summed E-state index contributed by atoms with van der Waals surface area (Å²) in [5.74, 6) is 0.818. The van der Waals surface area contributed by atoms with E-state index in [1.807, 2.05) is 0 Å². The van der Waals surface area contributed by atoms with Crippen LogP contribution in [-0.4, -0.2) is 12.6 Å². The van der Waals surface area contributed by atoms with Crippen molar-refractivity contribution in [1.82, 2.24) is 0 Å². The molecule has 0 aliphatic heterocycles. The van der Waals surface area contributed by atoms with Gasteiger partial charge in [0.25, 0.3) is 0 Å². The third kappa shape index (κ3) is 6.35. The van der Waals surface area contributed by atoms with Crippen LogP contribution in [0.3, 0.4) is 0 Å². The summed E-state index contributed by atoms with van der Waals surface area (Å²) in [5.41, 5.74) is 0. The maximum Gasteiger partial charge on any atom is 0.133 e. The van der Waals surface area contributed by atoms with Crippen LogP contribution in [0.15, 0.2) is 0 Å². The molecule has 0 aliphatic rings. The fourth-order valence-corrected chi connectivity index (χ4v) is 0.640. The van der Waals surface area contributed by atoms with Gasteiger partial charge in [-0.3, -0.25) is 0 Å². The van der Waals surface area contributed by atoms with Crippen LogP contribution in [0.1, 0.15) is 6.42 Å². The van der Waals surface area contributed by atoms with Crippen molar-refractivity contribution < 1.29 is 0 Å². The lowest BCUT2D eigenvalue weighted by atomic mass is 9.52. The number of hydrogen-bond donors (Lipinski definition) is 0. The van der Waals surface area contributed by atoms with E-state index in [0.29, 0.717) is 0 Å². The minimum Gasteiger partial charge on any atom is -0.127 e. The van der Waals surface area contributed by atoms with E-state index in [9.17, 15) is 0 Å². The summed E-state index contributed by atoms with van der Waals surface area (Å²) >= 11 is 5.45. The van der Waals surface area contributed by atoms with Crippen LogP contribution in [0.4, 0.5) is 0 Å². The predicted molar refractivity (Wildman–Crippen MR) is 37.6 cm³/mol. The van der Waals surface area contributed by atoms with Gasteiger partial charge in [-0.1, -0.05) is 20.0 Å². The van der Waals surface area contributed by atoms with Crippen molar-refractivity contribution in [3.05, 3.63) is 0 Å². The molecular formula is C5H12BCl. The zero-order valence-electron chi connectivity index (χ0n) is 5.08. The first kappa shape index (κ1) is 7.35. The molecule has 0 amide bonds.